The fraction of sp³-hybridized carbons (Fsp3) is 0.882. The normalized spacial score (nSPS) is 31.1. The Morgan fingerprint density at radius 2 is 1.91 bits per heavy atom. The third-order valence-electron chi connectivity index (χ3n) is 5.30. The van der Waals surface area contributed by atoms with Gasteiger partial charge >= 0.3 is 6.03 Å². The maximum Gasteiger partial charge on any atom is 0.315 e. The van der Waals surface area contributed by atoms with Gasteiger partial charge < -0.3 is 16.0 Å². The first-order valence-corrected chi connectivity index (χ1v) is 10.3. The van der Waals surface area contributed by atoms with Gasteiger partial charge in [-0.3, -0.25) is 4.79 Å². The summed E-state index contributed by atoms with van der Waals surface area (Å²) in [5.41, 5.74) is 0. The number of rotatable bonds is 6. The van der Waals surface area contributed by atoms with E-state index in [2.05, 4.69) is 16.0 Å². The van der Waals surface area contributed by atoms with Crippen LogP contribution >= 0.6 is 11.8 Å². The number of fused-ring (bicyclic) bond motifs is 1. The predicted octanol–water partition coefficient (Wildman–Crippen LogP) is 2.55. The molecule has 0 bridgehead atoms. The minimum absolute atomic E-state index is 0.0203. The molecule has 3 rings (SSSR count). The van der Waals surface area contributed by atoms with E-state index in [1.165, 1.54) is 25.7 Å². The highest BCUT2D eigenvalue weighted by atomic mass is 32.2. The van der Waals surface area contributed by atoms with Crippen LogP contribution < -0.4 is 16.0 Å². The van der Waals surface area contributed by atoms with E-state index < -0.39 is 0 Å². The maximum atomic E-state index is 12.1. The minimum Gasteiger partial charge on any atom is -0.353 e. The van der Waals surface area contributed by atoms with Crippen LogP contribution in [0.5, 0.6) is 0 Å². The second kappa shape index (κ2) is 8.27. The van der Waals surface area contributed by atoms with Crippen LogP contribution in [-0.4, -0.2) is 41.1 Å². The van der Waals surface area contributed by atoms with Gasteiger partial charge in [0.25, 0.3) is 0 Å². The second-order valence-corrected chi connectivity index (χ2v) is 8.40. The molecule has 6 heteroatoms. The van der Waals surface area contributed by atoms with E-state index in [1.807, 2.05) is 11.8 Å². The minimum atomic E-state index is -0.0203. The molecule has 2 heterocycles. The fourth-order valence-corrected chi connectivity index (χ4v) is 5.54. The average molecular weight is 340 g/mol. The number of hydrogen-bond acceptors (Lipinski definition) is 3. The van der Waals surface area contributed by atoms with E-state index in [0.29, 0.717) is 23.8 Å². The van der Waals surface area contributed by atoms with Crippen molar-refractivity contribution >= 4 is 23.7 Å². The van der Waals surface area contributed by atoms with Crippen molar-refractivity contribution in [3.8, 4) is 0 Å². The lowest BCUT2D eigenvalue weighted by Crippen LogP contribution is -2.36. The Bertz CT molecular complexity index is 424. The SMILES string of the molecule is O=C(CCCCC1SCC2NC(=O)NC21)NC1CCCCCC1. The Hall–Kier alpha value is -0.910. The van der Waals surface area contributed by atoms with Crippen LogP contribution in [0.3, 0.4) is 0 Å². The van der Waals surface area contributed by atoms with Crippen molar-refractivity contribution in [3.63, 3.8) is 0 Å². The van der Waals surface area contributed by atoms with Crippen molar-refractivity contribution < 1.29 is 9.59 Å². The van der Waals surface area contributed by atoms with Crippen molar-refractivity contribution in [3.05, 3.63) is 0 Å². The summed E-state index contributed by atoms with van der Waals surface area (Å²) in [7, 11) is 0. The summed E-state index contributed by atoms with van der Waals surface area (Å²) in [6, 6.07) is 0.979. The average Bonchev–Trinajstić information content (AvgIpc) is 2.94. The van der Waals surface area contributed by atoms with Crippen LogP contribution in [-0.2, 0) is 4.79 Å². The van der Waals surface area contributed by atoms with Gasteiger partial charge in [0.2, 0.25) is 5.91 Å². The van der Waals surface area contributed by atoms with Crippen molar-refractivity contribution in [1.29, 1.82) is 0 Å². The van der Waals surface area contributed by atoms with Crippen molar-refractivity contribution in [2.45, 2.75) is 87.6 Å². The van der Waals surface area contributed by atoms with Gasteiger partial charge in [-0.05, 0) is 25.7 Å². The molecule has 2 saturated heterocycles. The summed E-state index contributed by atoms with van der Waals surface area (Å²) in [6.45, 7) is 0. The highest BCUT2D eigenvalue weighted by Gasteiger charge is 2.42. The van der Waals surface area contributed by atoms with Gasteiger partial charge in [0.1, 0.15) is 0 Å². The standard InChI is InChI=1S/C17H29N3O2S/c21-15(18-12-7-3-1-2-4-8-12)10-6-5-9-14-16-13(11-23-14)19-17(22)20-16/h12-14,16H,1-11H2,(H,18,21)(H2,19,20,22). The maximum absolute atomic E-state index is 12.1. The number of carbonyl (C=O) groups is 2. The number of hydrogen-bond donors (Lipinski definition) is 3. The van der Waals surface area contributed by atoms with Gasteiger partial charge in [0.15, 0.2) is 0 Å². The first-order chi connectivity index (χ1) is 11.2. The Kier molecular flexibility index (Phi) is 6.08. The first-order valence-electron chi connectivity index (χ1n) is 9.20. The first kappa shape index (κ1) is 16.9. The molecular formula is C17H29N3O2S. The number of urea groups is 1. The van der Waals surface area contributed by atoms with Crippen molar-refractivity contribution in [2.24, 2.45) is 0 Å². The molecule has 23 heavy (non-hydrogen) atoms. The summed E-state index contributed by atoms with van der Waals surface area (Å²) in [4.78, 5) is 23.4. The Morgan fingerprint density at radius 1 is 1.13 bits per heavy atom. The predicted molar refractivity (Wildman–Crippen MR) is 93.6 cm³/mol. The quantitative estimate of drug-likeness (QED) is 0.396. The summed E-state index contributed by atoms with van der Waals surface area (Å²) in [5, 5.41) is 9.72. The number of thioether (sulfide) groups is 1. The van der Waals surface area contributed by atoms with Gasteiger partial charge in [-0.2, -0.15) is 11.8 Å². The molecule has 3 unspecified atom stereocenters. The molecule has 1 aliphatic carbocycles. The largest absolute Gasteiger partial charge is 0.353 e. The molecule has 3 aliphatic rings. The van der Waals surface area contributed by atoms with E-state index in [0.717, 1.165) is 37.9 Å². The Morgan fingerprint density at radius 3 is 2.70 bits per heavy atom. The third kappa shape index (κ3) is 4.78. The van der Waals surface area contributed by atoms with Crippen LogP contribution in [0.4, 0.5) is 4.79 Å². The molecule has 0 aromatic rings. The molecule has 0 aromatic heterocycles. The van der Waals surface area contributed by atoms with E-state index in [4.69, 9.17) is 0 Å². The zero-order valence-corrected chi connectivity index (χ0v) is 14.6. The van der Waals surface area contributed by atoms with Gasteiger partial charge in [-0.15, -0.1) is 0 Å². The van der Waals surface area contributed by atoms with E-state index in [-0.39, 0.29) is 18.0 Å². The summed E-state index contributed by atoms with van der Waals surface area (Å²) >= 11 is 1.95. The molecule has 3 N–H and O–H groups in total. The van der Waals surface area contributed by atoms with Crippen LogP contribution in [0.15, 0.2) is 0 Å². The summed E-state index contributed by atoms with van der Waals surface area (Å²) in [6.07, 6.45) is 11.2. The molecule has 2 aliphatic heterocycles. The molecule has 3 atom stereocenters. The van der Waals surface area contributed by atoms with Gasteiger partial charge in [0, 0.05) is 23.5 Å². The lowest BCUT2D eigenvalue weighted by atomic mass is 10.0. The lowest BCUT2D eigenvalue weighted by molar-refractivity contribution is -0.122. The molecule has 3 amide bonds. The fourth-order valence-electron chi connectivity index (χ4n) is 4.00. The summed E-state index contributed by atoms with van der Waals surface area (Å²) in [5.74, 6) is 1.24. The van der Waals surface area contributed by atoms with Crippen LogP contribution in [0.25, 0.3) is 0 Å². The van der Waals surface area contributed by atoms with E-state index in [9.17, 15) is 9.59 Å². The second-order valence-electron chi connectivity index (χ2n) is 7.12. The Labute approximate surface area is 143 Å². The van der Waals surface area contributed by atoms with Gasteiger partial charge in [0.05, 0.1) is 12.1 Å². The molecule has 0 spiro atoms. The molecule has 5 nitrogen and oxygen atoms in total. The van der Waals surface area contributed by atoms with E-state index in [1.54, 1.807) is 0 Å². The molecular weight excluding hydrogens is 310 g/mol. The van der Waals surface area contributed by atoms with Crippen molar-refractivity contribution in [1.82, 2.24) is 16.0 Å². The monoisotopic (exact) mass is 339 g/mol. The zero-order chi connectivity index (χ0) is 16.1. The molecule has 3 fully saturated rings. The Balaban J connectivity index is 1.29. The summed E-state index contributed by atoms with van der Waals surface area (Å²) < 4.78 is 0. The number of carbonyl (C=O) groups excluding carboxylic acids is 2. The zero-order valence-electron chi connectivity index (χ0n) is 13.8. The topological polar surface area (TPSA) is 70.2 Å². The number of unbranched alkanes of at least 4 members (excludes halogenated alkanes) is 1. The molecule has 0 aromatic carbocycles. The molecule has 0 radical (unpaired) electrons. The van der Waals surface area contributed by atoms with Crippen LogP contribution in [0.2, 0.25) is 0 Å². The number of amides is 3. The molecule has 1 saturated carbocycles. The number of nitrogens with one attached hydrogen (secondary N) is 3. The van der Waals surface area contributed by atoms with Gasteiger partial charge in [-0.25, -0.2) is 4.79 Å². The van der Waals surface area contributed by atoms with Crippen LogP contribution in [0, 0.1) is 0 Å². The third-order valence-corrected chi connectivity index (χ3v) is 6.81. The van der Waals surface area contributed by atoms with Crippen LogP contribution in [0.1, 0.15) is 64.2 Å². The van der Waals surface area contributed by atoms with Gasteiger partial charge in [-0.1, -0.05) is 32.1 Å². The molecule has 130 valence electrons. The highest BCUT2D eigenvalue weighted by molar-refractivity contribution is 8.00. The van der Waals surface area contributed by atoms with E-state index >= 15 is 0 Å². The smallest absolute Gasteiger partial charge is 0.315 e. The van der Waals surface area contributed by atoms with Crippen molar-refractivity contribution in [2.75, 3.05) is 5.75 Å². The lowest BCUT2D eigenvalue weighted by Gasteiger charge is -2.17. The highest BCUT2D eigenvalue weighted by Crippen LogP contribution is 2.33.